The fraction of sp³-hybridized carbons (Fsp3) is 0.375. The van der Waals surface area contributed by atoms with Crippen molar-refractivity contribution in [2.75, 3.05) is 7.05 Å². The fourth-order valence-corrected chi connectivity index (χ4v) is 3.49. The molecule has 1 heterocycles. The van der Waals surface area contributed by atoms with Gasteiger partial charge in [-0.25, -0.2) is 0 Å². The first-order chi connectivity index (χ1) is 9.63. The van der Waals surface area contributed by atoms with Crippen LogP contribution < -0.4 is 5.73 Å². The molecule has 20 heavy (non-hydrogen) atoms. The molecule has 2 N–H and O–H groups in total. The van der Waals surface area contributed by atoms with Crippen LogP contribution in [0.1, 0.15) is 29.8 Å². The van der Waals surface area contributed by atoms with Gasteiger partial charge in [-0.05, 0) is 36.5 Å². The summed E-state index contributed by atoms with van der Waals surface area (Å²) in [6, 6.07) is 12.4. The van der Waals surface area contributed by atoms with E-state index in [1.807, 2.05) is 18.2 Å². The molecule has 0 saturated heterocycles. The molecule has 2 aromatic rings. The minimum Gasteiger partial charge on any atom is -0.326 e. The van der Waals surface area contributed by atoms with Crippen molar-refractivity contribution >= 4 is 22.9 Å². The molecular weight excluding hydrogens is 288 g/mol. The van der Waals surface area contributed by atoms with Crippen LogP contribution in [0.15, 0.2) is 41.8 Å². The second-order valence-electron chi connectivity index (χ2n) is 5.03. The van der Waals surface area contributed by atoms with Crippen LogP contribution >= 0.6 is 22.9 Å². The van der Waals surface area contributed by atoms with Crippen molar-refractivity contribution in [2.45, 2.75) is 32.0 Å². The van der Waals surface area contributed by atoms with E-state index in [9.17, 15) is 0 Å². The van der Waals surface area contributed by atoms with Gasteiger partial charge < -0.3 is 5.73 Å². The summed E-state index contributed by atoms with van der Waals surface area (Å²) in [7, 11) is 2.11. The standard InChI is InChI=1S/C16H21ClN2S/c1-3-15(18)16(13-8-4-5-9-14(13)17)19(2)11-12-7-6-10-20-12/h4-10,15-16H,3,11,18H2,1-2H3. The predicted molar refractivity (Wildman–Crippen MR) is 88.2 cm³/mol. The highest BCUT2D eigenvalue weighted by Crippen LogP contribution is 2.31. The van der Waals surface area contributed by atoms with Gasteiger partial charge in [-0.3, -0.25) is 4.90 Å². The van der Waals surface area contributed by atoms with Gasteiger partial charge in [-0.15, -0.1) is 11.3 Å². The number of nitrogens with zero attached hydrogens (tertiary/aromatic N) is 1. The molecule has 0 aliphatic heterocycles. The van der Waals surface area contributed by atoms with E-state index in [0.717, 1.165) is 23.6 Å². The summed E-state index contributed by atoms with van der Waals surface area (Å²) in [4.78, 5) is 3.63. The number of halogens is 1. The van der Waals surface area contributed by atoms with Gasteiger partial charge in [0.2, 0.25) is 0 Å². The minimum atomic E-state index is 0.0693. The van der Waals surface area contributed by atoms with Crippen LogP contribution in [-0.2, 0) is 6.54 Å². The van der Waals surface area contributed by atoms with E-state index in [0.29, 0.717) is 0 Å². The van der Waals surface area contributed by atoms with Gasteiger partial charge in [-0.1, -0.05) is 42.8 Å². The Balaban J connectivity index is 2.25. The molecular formula is C16H21ClN2S. The first-order valence-electron chi connectivity index (χ1n) is 6.86. The maximum absolute atomic E-state index is 6.37. The monoisotopic (exact) mass is 308 g/mol. The molecule has 4 heteroatoms. The number of benzene rings is 1. The van der Waals surface area contributed by atoms with Crippen molar-refractivity contribution in [3.05, 3.63) is 57.2 Å². The maximum atomic E-state index is 6.37. The largest absolute Gasteiger partial charge is 0.326 e. The van der Waals surface area contributed by atoms with E-state index in [2.05, 4.69) is 42.5 Å². The molecule has 0 fully saturated rings. The van der Waals surface area contributed by atoms with Crippen molar-refractivity contribution in [3.8, 4) is 0 Å². The maximum Gasteiger partial charge on any atom is 0.0514 e. The topological polar surface area (TPSA) is 29.3 Å². The number of likely N-dealkylation sites (N-methyl/N-ethyl adjacent to an activating group) is 1. The van der Waals surface area contributed by atoms with Gasteiger partial charge in [-0.2, -0.15) is 0 Å². The van der Waals surface area contributed by atoms with Crippen LogP contribution in [-0.4, -0.2) is 18.0 Å². The Labute approximate surface area is 130 Å². The van der Waals surface area contributed by atoms with E-state index >= 15 is 0 Å². The second kappa shape index (κ2) is 7.23. The number of thiophene rings is 1. The lowest BCUT2D eigenvalue weighted by atomic mass is 9.96. The average molecular weight is 309 g/mol. The Hall–Kier alpha value is -0.870. The van der Waals surface area contributed by atoms with Crippen LogP contribution in [0.2, 0.25) is 5.02 Å². The van der Waals surface area contributed by atoms with Crippen LogP contribution in [0.5, 0.6) is 0 Å². The molecule has 0 amide bonds. The highest BCUT2D eigenvalue weighted by atomic mass is 35.5. The summed E-state index contributed by atoms with van der Waals surface area (Å²) < 4.78 is 0. The zero-order valence-electron chi connectivity index (χ0n) is 11.9. The predicted octanol–water partition coefficient (Wildman–Crippen LogP) is 4.31. The molecule has 0 bridgehead atoms. The molecule has 0 radical (unpaired) electrons. The lowest BCUT2D eigenvalue weighted by molar-refractivity contribution is 0.203. The van der Waals surface area contributed by atoms with Gasteiger partial charge in [0.1, 0.15) is 0 Å². The molecule has 1 aromatic carbocycles. The van der Waals surface area contributed by atoms with Crippen molar-refractivity contribution < 1.29 is 0 Å². The number of rotatable bonds is 6. The van der Waals surface area contributed by atoms with Crippen LogP contribution in [0.3, 0.4) is 0 Å². The third-order valence-electron chi connectivity index (χ3n) is 3.56. The van der Waals surface area contributed by atoms with Gasteiger partial charge in [0.15, 0.2) is 0 Å². The molecule has 2 rings (SSSR count). The molecule has 108 valence electrons. The molecule has 0 spiro atoms. The zero-order valence-corrected chi connectivity index (χ0v) is 13.5. The molecule has 2 unspecified atom stereocenters. The van der Waals surface area contributed by atoms with Gasteiger partial charge in [0, 0.05) is 22.5 Å². The summed E-state index contributed by atoms with van der Waals surface area (Å²) >= 11 is 8.14. The molecule has 0 aliphatic rings. The zero-order chi connectivity index (χ0) is 14.5. The molecule has 0 saturated carbocycles. The highest BCUT2D eigenvalue weighted by molar-refractivity contribution is 7.09. The van der Waals surface area contributed by atoms with Gasteiger partial charge in [0.25, 0.3) is 0 Å². The van der Waals surface area contributed by atoms with Crippen molar-refractivity contribution in [2.24, 2.45) is 5.73 Å². The number of nitrogens with two attached hydrogens (primary N) is 1. The lowest BCUT2D eigenvalue weighted by Gasteiger charge is -2.33. The summed E-state index contributed by atoms with van der Waals surface area (Å²) in [6.07, 6.45) is 0.921. The Morgan fingerprint density at radius 2 is 2.00 bits per heavy atom. The van der Waals surface area contributed by atoms with E-state index < -0.39 is 0 Å². The normalized spacial score (nSPS) is 14.4. The molecule has 1 aromatic heterocycles. The minimum absolute atomic E-state index is 0.0693. The van der Waals surface area contributed by atoms with Gasteiger partial charge in [0.05, 0.1) is 6.04 Å². The molecule has 0 aliphatic carbocycles. The van der Waals surface area contributed by atoms with Crippen molar-refractivity contribution in [1.29, 1.82) is 0 Å². The third kappa shape index (κ3) is 3.61. The number of hydrogen-bond donors (Lipinski definition) is 1. The Morgan fingerprint density at radius 3 is 2.60 bits per heavy atom. The Bertz CT molecular complexity index is 527. The summed E-state index contributed by atoms with van der Waals surface area (Å²) in [5.41, 5.74) is 7.46. The SMILES string of the molecule is CCC(N)C(c1ccccc1Cl)N(C)Cc1cccs1. The summed E-state index contributed by atoms with van der Waals surface area (Å²) in [6.45, 7) is 3.01. The Kier molecular flexibility index (Phi) is 5.61. The average Bonchev–Trinajstić information content (AvgIpc) is 2.93. The van der Waals surface area contributed by atoms with Crippen molar-refractivity contribution in [1.82, 2.24) is 4.90 Å². The first kappa shape index (κ1) is 15.5. The lowest BCUT2D eigenvalue weighted by Crippen LogP contribution is -2.38. The number of hydrogen-bond acceptors (Lipinski definition) is 3. The van der Waals surface area contributed by atoms with E-state index in [1.54, 1.807) is 11.3 Å². The quantitative estimate of drug-likeness (QED) is 0.861. The van der Waals surface area contributed by atoms with Crippen LogP contribution in [0, 0.1) is 0 Å². The Morgan fingerprint density at radius 1 is 1.25 bits per heavy atom. The van der Waals surface area contributed by atoms with Crippen LogP contribution in [0.4, 0.5) is 0 Å². The fourth-order valence-electron chi connectivity index (χ4n) is 2.48. The van der Waals surface area contributed by atoms with Crippen molar-refractivity contribution in [3.63, 3.8) is 0 Å². The van der Waals surface area contributed by atoms with E-state index in [1.165, 1.54) is 4.88 Å². The smallest absolute Gasteiger partial charge is 0.0514 e. The first-order valence-corrected chi connectivity index (χ1v) is 8.12. The highest BCUT2D eigenvalue weighted by Gasteiger charge is 2.25. The van der Waals surface area contributed by atoms with Gasteiger partial charge >= 0.3 is 0 Å². The van der Waals surface area contributed by atoms with Crippen LogP contribution in [0.25, 0.3) is 0 Å². The summed E-state index contributed by atoms with van der Waals surface area (Å²) in [5, 5.41) is 2.90. The molecule has 2 nitrogen and oxygen atoms in total. The van der Waals surface area contributed by atoms with E-state index in [4.69, 9.17) is 17.3 Å². The molecule has 2 atom stereocenters. The summed E-state index contributed by atoms with van der Waals surface area (Å²) in [5.74, 6) is 0. The third-order valence-corrected chi connectivity index (χ3v) is 4.77. The second-order valence-corrected chi connectivity index (χ2v) is 6.47. The van der Waals surface area contributed by atoms with E-state index in [-0.39, 0.29) is 12.1 Å².